The molecule has 1 rings (SSSR count). The number of alkyl halides is 1. The van der Waals surface area contributed by atoms with Crippen LogP contribution in [-0.4, -0.2) is 20.0 Å². The largest absolute Gasteiger partial charge is 0.225 e. The van der Waals surface area contributed by atoms with Gasteiger partial charge < -0.3 is 0 Å². The Hall–Kier alpha value is 0.170. The molecule has 0 bridgehead atoms. The Morgan fingerprint density at radius 2 is 2.15 bits per heavy atom. The number of hydrogen-bond donors (Lipinski definition) is 0. The van der Waals surface area contributed by atoms with Crippen molar-refractivity contribution in [2.75, 3.05) is 11.6 Å². The van der Waals surface area contributed by atoms with Crippen molar-refractivity contribution in [1.82, 2.24) is 0 Å². The van der Waals surface area contributed by atoms with Crippen molar-refractivity contribution >= 4 is 25.8 Å². The number of hydrogen-bond acceptors (Lipinski definition) is 2. The molecule has 13 heavy (non-hydrogen) atoms. The second-order valence-corrected chi connectivity index (χ2v) is 6.79. The first-order valence-electron chi connectivity index (χ1n) is 4.24. The van der Waals surface area contributed by atoms with Crippen molar-refractivity contribution in [3.63, 3.8) is 0 Å². The lowest BCUT2D eigenvalue weighted by atomic mass is 9.60. The SMILES string of the molecule is CC1(C)C(=CS(C)(=O)=O)CC1CBr. The van der Waals surface area contributed by atoms with Crippen LogP contribution in [0.3, 0.4) is 0 Å². The lowest BCUT2D eigenvalue weighted by molar-refractivity contribution is 0.194. The first-order chi connectivity index (χ1) is 5.77. The third-order valence-electron chi connectivity index (χ3n) is 2.86. The maximum absolute atomic E-state index is 11.0. The molecule has 0 aliphatic heterocycles. The van der Waals surface area contributed by atoms with E-state index in [4.69, 9.17) is 0 Å². The second-order valence-electron chi connectivity index (χ2n) is 4.25. The van der Waals surface area contributed by atoms with Gasteiger partial charge in [0.05, 0.1) is 0 Å². The highest BCUT2D eigenvalue weighted by molar-refractivity contribution is 9.09. The predicted octanol–water partition coefficient (Wildman–Crippen LogP) is 2.36. The smallest absolute Gasteiger partial charge is 0.168 e. The summed E-state index contributed by atoms with van der Waals surface area (Å²) < 4.78 is 22.1. The molecule has 4 heteroatoms. The fourth-order valence-corrected chi connectivity index (χ4v) is 3.58. The monoisotopic (exact) mass is 266 g/mol. The molecule has 0 amide bonds. The van der Waals surface area contributed by atoms with Crippen molar-refractivity contribution in [1.29, 1.82) is 0 Å². The molecule has 1 aliphatic carbocycles. The van der Waals surface area contributed by atoms with Crippen LogP contribution >= 0.6 is 15.9 Å². The third-order valence-corrected chi connectivity index (χ3v) is 4.35. The van der Waals surface area contributed by atoms with Gasteiger partial charge in [0.15, 0.2) is 9.84 Å². The maximum atomic E-state index is 11.0. The molecule has 76 valence electrons. The van der Waals surface area contributed by atoms with Crippen molar-refractivity contribution in [2.24, 2.45) is 11.3 Å². The van der Waals surface area contributed by atoms with E-state index in [1.165, 1.54) is 11.7 Å². The molecule has 1 saturated carbocycles. The fraction of sp³-hybridized carbons (Fsp3) is 0.778. The molecule has 0 radical (unpaired) electrons. The van der Waals surface area contributed by atoms with Gasteiger partial charge in [-0.1, -0.05) is 35.4 Å². The maximum Gasteiger partial charge on any atom is 0.168 e. The molecule has 1 unspecified atom stereocenters. The zero-order valence-electron chi connectivity index (χ0n) is 8.17. The fourth-order valence-electron chi connectivity index (χ4n) is 1.62. The van der Waals surface area contributed by atoms with Crippen LogP contribution in [0.4, 0.5) is 0 Å². The van der Waals surface area contributed by atoms with Crippen LogP contribution in [0.1, 0.15) is 20.3 Å². The molecule has 0 spiro atoms. The lowest BCUT2D eigenvalue weighted by Gasteiger charge is -2.46. The van der Waals surface area contributed by atoms with Crippen LogP contribution < -0.4 is 0 Å². The van der Waals surface area contributed by atoms with Gasteiger partial charge in [0, 0.05) is 17.0 Å². The second kappa shape index (κ2) is 3.39. The average Bonchev–Trinajstić information content (AvgIpc) is 1.95. The molecule has 2 nitrogen and oxygen atoms in total. The minimum atomic E-state index is -2.96. The molecular formula is C9H15BrO2S. The quantitative estimate of drug-likeness (QED) is 0.720. The van der Waals surface area contributed by atoms with E-state index >= 15 is 0 Å². The van der Waals surface area contributed by atoms with Crippen LogP contribution in [-0.2, 0) is 9.84 Å². The van der Waals surface area contributed by atoms with Crippen molar-refractivity contribution in [3.8, 4) is 0 Å². The topological polar surface area (TPSA) is 34.1 Å². The summed E-state index contributed by atoms with van der Waals surface area (Å²) in [4.78, 5) is 0. The van der Waals surface area contributed by atoms with Crippen molar-refractivity contribution in [2.45, 2.75) is 20.3 Å². The standard InChI is InChI=1S/C9H15BrO2S/c1-9(2)7(5-10)4-8(9)6-13(3,11)12/h6-7H,4-5H2,1-3H3. The Kier molecular flexibility index (Phi) is 2.93. The lowest BCUT2D eigenvalue weighted by Crippen LogP contribution is -2.39. The molecule has 0 N–H and O–H groups in total. The first kappa shape index (κ1) is 11.2. The third kappa shape index (κ3) is 2.34. The molecule has 0 saturated heterocycles. The molecule has 1 aliphatic rings. The van der Waals surface area contributed by atoms with Crippen LogP contribution in [0.2, 0.25) is 0 Å². The Balaban J connectivity index is 2.86. The summed E-state index contributed by atoms with van der Waals surface area (Å²) in [7, 11) is -2.96. The van der Waals surface area contributed by atoms with Gasteiger partial charge in [0.25, 0.3) is 0 Å². The zero-order valence-corrected chi connectivity index (χ0v) is 10.6. The van der Waals surface area contributed by atoms with E-state index in [1.807, 2.05) is 0 Å². The van der Waals surface area contributed by atoms with Crippen LogP contribution in [0.15, 0.2) is 11.0 Å². The summed E-state index contributed by atoms with van der Waals surface area (Å²) in [5.74, 6) is 0.570. The van der Waals surface area contributed by atoms with E-state index in [9.17, 15) is 8.42 Å². The van der Waals surface area contributed by atoms with Gasteiger partial charge in [-0.15, -0.1) is 0 Å². The molecular weight excluding hydrogens is 252 g/mol. The first-order valence-corrected chi connectivity index (χ1v) is 7.32. The van der Waals surface area contributed by atoms with Gasteiger partial charge in [0.2, 0.25) is 0 Å². The highest BCUT2D eigenvalue weighted by Crippen LogP contribution is 2.51. The van der Waals surface area contributed by atoms with Crippen LogP contribution in [0.25, 0.3) is 0 Å². The predicted molar refractivity (Wildman–Crippen MR) is 58.6 cm³/mol. The summed E-state index contributed by atoms with van der Waals surface area (Å²) >= 11 is 3.43. The van der Waals surface area contributed by atoms with E-state index in [0.29, 0.717) is 5.92 Å². The molecule has 1 atom stereocenters. The number of sulfone groups is 1. The van der Waals surface area contributed by atoms with Crippen LogP contribution in [0.5, 0.6) is 0 Å². The highest BCUT2D eigenvalue weighted by atomic mass is 79.9. The van der Waals surface area contributed by atoms with E-state index in [2.05, 4.69) is 29.8 Å². The minimum absolute atomic E-state index is 0.0482. The van der Waals surface area contributed by atoms with Gasteiger partial charge in [-0.25, -0.2) is 8.42 Å². The minimum Gasteiger partial charge on any atom is -0.225 e. The average molecular weight is 267 g/mol. The Morgan fingerprint density at radius 1 is 1.62 bits per heavy atom. The summed E-state index contributed by atoms with van der Waals surface area (Å²) in [5, 5.41) is 2.37. The van der Waals surface area contributed by atoms with E-state index in [-0.39, 0.29) is 5.41 Å². The Morgan fingerprint density at radius 3 is 2.46 bits per heavy atom. The number of halogens is 1. The summed E-state index contributed by atoms with van der Waals surface area (Å²) in [6, 6.07) is 0. The summed E-state index contributed by atoms with van der Waals surface area (Å²) in [6.07, 6.45) is 2.16. The van der Waals surface area contributed by atoms with E-state index in [0.717, 1.165) is 17.3 Å². The highest BCUT2D eigenvalue weighted by Gasteiger charge is 2.42. The zero-order chi connectivity index (χ0) is 10.3. The van der Waals surface area contributed by atoms with Gasteiger partial charge in [0.1, 0.15) is 0 Å². The summed E-state index contributed by atoms with van der Waals surface area (Å²) in [5.41, 5.74) is 1.10. The molecule has 0 aromatic carbocycles. The molecule has 0 heterocycles. The number of allylic oxidation sites excluding steroid dienone is 1. The van der Waals surface area contributed by atoms with Crippen molar-refractivity contribution < 1.29 is 8.42 Å². The van der Waals surface area contributed by atoms with Gasteiger partial charge in [-0.2, -0.15) is 0 Å². The van der Waals surface area contributed by atoms with Gasteiger partial charge in [-0.3, -0.25) is 0 Å². The molecule has 1 fully saturated rings. The van der Waals surface area contributed by atoms with Gasteiger partial charge in [-0.05, 0) is 17.8 Å². The number of rotatable bonds is 2. The van der Waals surface area contributed by atoms with E-state index in [1.54, 1.807) is 0 Å². The Bertz CT molecular complexity index is 328. The van der Waals surface area contributed by atoms with E-state index < -0.39 is 9.84 Å². The molecule has 0 aromatic heterocycles. The summed E-state index contributed by atoms with van der Waals surface area (Å²) in [6.45, 7) is 4.19. The van der Waals surface area contributed by atoms with Crippen LogP contribution in [0, 0.1) is 11.3 Å². The van der Waals surface area contributed by atoms with Crippen molar-refractivity contribution in [3.05, 3.63) is 11.0 Å². The van der Waals surface area contributed by atoms with Gasteiger partial charge >= 0.3 is 0 Å². The normalized spacial score (nSPS) is 30.2. The Labute approximate surface area is 88.5 Å². The molecule has 0 aromatic rings.